The molecule has 0 saturated heterocycles. The van der Waals surface area contributed by atoms with E-state index in [1.807, 2.05) is 0 Å². The van der Waals surface area contributed by atoms with E-state index in [1.54, 1.807) is 0 Å². The minimum Gasteiger partial charge on any atom is -0.478 e. The molecule has 67 heavy (non-hydrogen) atoms. The molecule has 0 saturated carbocycles. The van der Waals surface area contributed by atoms with E-state index in [2.05, 4.69) is 185 Å². The van der Waals surface area contributed by atoms with E-state index >= 15 is 0 Å². The molecule has 0 amide bonds. The van der Waals surface area contributed by atoms with Crippen LogP contribution in [0, 0.1) is 23.7 Å². The third-order valence-electron chi connectivity index (χ3n) is 15.2. The van der Waals surface area contributed by atoms with Crippen molar-refractivity contribution in [1.82, 2.24) is 4.98 Å². The summed E-state index contributed by atoms with van der Waals surface area (Å²) in [5, 5.41) is 7.78. The molecule has 5 heteroatoms. The van der Waals surface area contributed by atoms with Gasteiger partial charge >= 0.3 is 14.8 Å². The first-order valence-electron chi connectivity index (χ1n) is 27.2. The highest BCUT2D eigenvalue weighted by molar-refractivity contribution is 6.44. The molecule has 0 aliphatic heterocycles. The molecule has 0 aliphatic carbocycles. The summed E-state index contributed by atoms with van der Waals surface area (Å²) in [7, 11) is 0. The molecule has 0 bridgehead atoms. The summed E-state index contributed by atoms with van der Waals surface area (Å²) in [6.45, 7) is 28.9. The number of fused-ring (bicyclic) bond motifs is 1. The first-order chi connectivity index (χ1) is 32.4. The van der Waals surface area contributed by atoms with E-state index in [9.17, 15) is 0 Å². The third-order valence-corrected chi connectivity index (χ3v) is 17.1. The van der Waals surface area contributed by atoms with Gasteiger partial charge in [0.15, 0.2) is 0 Å². The zero-order chi connectivity index (χ0) is 48.3. The molecule has 0 aliphatic rings. The van der Waals surface area contributed by atoms with Crippen molar-refractivity contribution in [2.45, 2.75) is 196 Å². The average molecular weight is 923 g/mol. The Labute approximate surface area is 414 Å². The van der Waals surface area contributed by atoms with Crippen molar-refractivity contribution in [3.05, 3.63) is 131 Å². The lowest BCUT2D eigenvalue weighted by molar-refractivity contribution is 0.0196. The lowest BCUT2D eigenvalue weighted by Crippen LogP contribution is -2.40. The van der Waals surface area contributed by atoms with Gasteiger partial charge in [0.2, 0.25) is 0 Å². The number of hydrogen-bond acceptors (Lipinski definition) is 4. The zero-order valence-electron chi connectivity index (χ0n) is 44.3. The number of nitrogens with one attached hydrogen (secondary N) is 1. The summed E-state index contributed by atoms with van der Waals surface area (Å²) in [6.07, 6.45) is 15.7. The maximum Gasteiger partial charge on any atom is 0.674 e. The minimum atomic E-state index is -1.68. The topological polar surface area (TPSA) is 43.4 Å². The van der Waals surface area contributed by atoms with Gasteiger partial charge in [-0.05, 0) is 117 Å². The molecule has 0 spiro atoms. The first-order valence-corrected chi connectivity index (χ1v) is 28.9. The predicted octanol–water partition coefficient (Wildman–Crippen LogP) is 18.2. The van der Waals surface area contributed by atoms with Crippen LogP contribution in [0.3, 0.4) is 0 Å². The first kappa shape index (κ1) is 54.5. The fourth-order valence-corrected chi connectivity index (χ4v) is 12.1. The normalized spacial score (nSPS) is 14.6. The fraction of sp³-hybridized carbons (Fsp3) is 0.565. The monoisotopic (exact) mass is 923 g/mol. The number of aromatic nitrogens is 1. The van der Waals surface area contributed by atoms with E-state index in [4.69, 9.17) is 12.6 Å². The van der Waals surface area contributed by atoms with Crippen LogP contribution in [0.5, 0.6) is 0 Å². The number of benzene rings is 4. The molecular formula is C62H91AlN2O2. The summed E-state index contributed by atoms with van der Waals surface area (Å²) >= 11 is -1.68. The van der Waals surface area contributed by atoms with Gasteiger partial charge in [-0.1, -0.05) is 226 Å². The fourth-order valence-electron chi connectivity index (χ4n) is 10.3. The summed E-state index contributed by atoms with van der Waals surface area (Å²) < 4.78 is 13.4. The smallest absolute Gasteiger partial charge is 0.478 e. The van der Waals surface area contributed by atoms with Crippen LogP contribution in [0.1, 0.15) is 205 Å². The number of pyridine rings is 1. The van der Waals surface area contributed by atoms with Gasteiger partial charge in [-0.25, -0.2) is 0 Å². The third kappa shape index (κ3) is 15.3. The van der Waals surface area contributed by atoms with Crippen LogP contribution in [0.25, 0.3) is 22.0 Å². The number of aryl methyl sites for hydroxylation is 2. The van der Waals surface area contributed by atoms with Crippen LogP contribution in [-0.4, -0.2) is 32.5 Å². The van der Waals surface area contributed by atoms with Crippen LogP contribution in [0.15, 0.2) is 97.1 Å². The Morgan fingerprint density at radius 3 is 1.94 bits per heavy atom. The summed E-state index contributed by atoms with van der Waals surface area (Å²) in [5.41, 5.74) is 11.6. The molecule has 6 atom stereocenters. The molecule has 4 aromatic carbocycles. The van der Waals surface area contributed by atoms with Gasteiger partial charge in [-0.15, -0.1) is 0 Å². The Kier molecular flexibility index (Phi) is 23.0. The molecule has 6 unspecified atom stereocenters. The maximum atomic E-state index is 6.88. The highest BCUT2D eigenvalue weighted by Gasteiger charge is 2.35. The van der Waals surface area contributed by atoms with Gasteiger partial charge in [0.05, 0.1) is 17.4 Å². The van der Waals surface area contributed by atoms with E-state index in [-0.39, 0.29) is 6.04 Å². The molecule has 364 valence electrons. The quantitative estimate of drug-likeness (QED) is 0.0368. The van der Waals surface area contributed by atoms with Crippen molar-refractivity contribution in [2.24, 2.45) is 23.7 Å². The summed E-state index contributed by atoms with van der Waals surface area (Å²) in [6, 6.07) is 36.2. The molecule has 1 N–H and O–H groups in total. The molecule has 0 fully saturated rings. The predicted molar refractivity (Wildman–Crippen MR) is 293 cm³/mol. The van der Waals surface area contributed by atoms with Gasteiger partial charge in [-0.3, -0.25) is 4.98 Å². The molecule has 5 rings (SSSR count). The number of hydrogen-bond donors (Lipinski definition) is 1. The summed E-state index contributed by atoms with van der Waals surface area (Å²) in [5.74, 6) is 3.19. The lowest BCUT2D eigenvalue weighted by atomic mass is 9.79. The van der Waals surface area contributed by atoms with Gasteiger partial charge in [0, 0.05) is 24.0 Å². The number of nitrogens with zero attached hydrogens (tertiary/aromatic N) is 1. The second kappa shape index (κ2) is 28.3. The van der Waals surface area contributed by atoms with Gasteiger partial charge in [-0.2, -0.15) is 0 Å². The van der Waals surface area contributed by atoms with Crippen LogP contribution in [0.4, 0.5) is 5.69 Å². The van der Waals surface area contributed by atoms with Crippen molar-refractivity contribution < 1.29 is 7.58 Å². The highest BCUT2D eigenvalue weighted by Crippen LogP contribution is 2.40. The van der Waals surface area contributed by atoms with Crippen molar-refractivity contribution in [2.75, 3.05) is 11.9 Å². The Morgan fingerprint density at radius 1 is 0.597 bits per heavy atom. The molecule has 5 aromatic rings. The number of anilines is 1. The van der Waals surface area contributed by atoms with Crippen molar-refractivity contribution >= 4 is 31.3 Å². The van der Waals surface area contributed by atoms with E-state index in [0.29, 0.717) is 41.6 Å². The number of unbranched alkanes of at least 4 members (excludes halogenated alkanes) is 6. The van der Waals surface area contributed by atoms with Crippen LogP contribution in [0.2, 0.25) is 5.28 Å². The lowest BCUT2D eigenvalue weighted by Gasteiger charge is -2.37. The second-order valence-electron chi connectivity index (χ2n) is 20.8. The van der Waals surface area contributed by atoms with Gasteiger partial charge < -0.3 is 12.9 Å². The molecule has 1 heterocycles. The van der Waals surface area contributed by atoms with Crippen LogP contribution >= 0.6 is 0 Å². The molecule has 0 radical (unpaired) electrons. The van der Waals surface area contributed by atoms with E-state index in [0.717, 1.165) is 55.4 Å². The Hall–Kier alpha value is -3.46. The largest absolute Gasteiger partial charge is 0.674 e. The van der Waals surface area contributed by atoms with Crippen LogP contribution in [-0.2, 0) is 20.4 Å². The van der Waals surface area contributed by atoms with Gasteiger partial charge in [0.1, 0.15) is 0 Å². The SMILES string of the molecule is CCCc1ccccc1C(Nc1c(CCC)cccc1C(C)C)c1cccc(-c2c(C(C)CCCCCCCCC[O][Al]([CH2]C)[O]C(C(C)C(C)C)C(C)C(C)CC)ccc3ccccc23)n1. The number of rotatable bonds is 30. The zero-order valence-corrected chi connectivity index (χ0v) is 45.5. The molecule has 1 aromatic heterocycles. The maximum absolute atomic E-state index is 6.88. The second-order valence-corrected chi connectivity index (χ2v) is 23.1. The van der Waals surface area contributed by atoms with E-state index < -0.39 is 14.8 Å². The highest BCUT2D eigenvalue weighted by atomic mass is 27.2. The van der Waals surface area contributed by atoms with Crippen LogP contribution < -0.4 is 5.32 Å². The van der Waals surface area contributed by atoms with Crippen molar-refractivity contribution in [3.63, 3.8) is 0 Å². The summed E-state index contributed by atoms with van der Waals surface area (Å²) in [4.78, 5) is 5.69. The molecule has 4 nitrogen and oxygen atoms in total. The number of para-hydroxylation sites is 1. The Bertz CT molecular complexity index is 2200. The Balaban J connectivity index is 1.26. The van der Waals surface area contributed by atoms with Crippen molar-refractivity contribution in [1.29, 1.82) is 0 Å². The van der Waals surface area contributed by atoms with E-state index in [1.165, 1.54) is 101 Å². The Morgan fingerprint density at radius 2 is 1.24 bits per heavy atom. The average Bonchev–Trinajstić information content (AvgIpc) is 3.34. The minimum absolute atomic E-state index is 0.0924. The standard InChI is InChI=1S/C48H61N2O.C12H25O.C2H5.Al/c1-6-21-37-24-15-17-28-43(37)48(50-47-39(22-7-2)26-19-29-40(47)35(3)4)45-31-20-30-44(49-45)46-41(33-32-38-25-14-16-27-42(38)46)36(5)23-13-11-9-8-10-12-18-34-51;1-7-9(4)11(6)12(13)10(5)8(2)3;1-2;/h14-17,19-20,24-33,35-36,48,50H,6-13,18,21-23,34H2,1-5H3;8-12H,7H2,1-6H3;1H2,2H3;/q2*-1;;+2. The molecular weight excluding hydrogens is 832 g/mol. The van der Waals surface area contributed by atoms with Gasteiger partial charge in [0.25, 0.3) is 0 Å². The van der Waals surface area contributed by atoms with Crippen molar-refractivity contribution in [3.8, 4) is 11.3 Å².